The van der Waals surface area contributed by atoms with E-state index in [4.69, 9.17) is 5.11 Å². The van der Waals surface area contributed by atoms with Crippen LogP contribution in [-0.4, -0.2) is 16.8 Å². The van der Waals surface area contributed by atoms with E-state index in [1.807, 2.05) is 0 Å². The van der Waals surface area contributed by atoms with E-state index in [0.717, 1.165) is 4.90 Å². The topological polar surface area (TPSA) is 49.3 Å². The summed E-state index contributed by atoms with van der Waals surface area (Å²) in [5, 5.41) is 11.8. The average molecular weight is 205 g/mol. The van der Waals surface area contributed by atoms with E-state index in [1.54, 1.807) is 18.2 Å². The summed E-state index contributed by atoms with van der Waals surface area (Å²) in [4.78, 5) is 11.9. The molecule has 0 radical (unpaired) electrons. The van der Waals surface area contributed by atoms with E-state index >= 15 is 0 Å². The van der Waals surface area contributed by atoms with E-state index in [2.05, 4.69) is 5.32 Å². The van der Waals surface area contributed by atoms with Crippen LogP contribution in [0.25, 0.3) is 0 Å². The van der Waals surface area contributed by atoms with E-state index in [1.165, 1.54) is 11.8 Å². The number of aromatic hydroxyl groups is 1. The molecular weight excluding hydrogens is 197 g/mol. The molecule has 0 bridgehead atoms. The van der Waals surface area contributed by atoms with E-state index < -0.39 is 0 Å². The monoisotopic (exact) mass is 205 g/mol. The van der Waals surface area contributed by atoms with E-state index in [9.17, 15) is 4.79 Å². The Morgan fingerprint density at radius 3 is 3.08 bits per heavy atom. The van der Waals surface area contributed by atoms with Crippen LogP contribution in [0.3, 0.4) is 0 Å². The standard InChI is InChI=1S/C8H7NO2S.Na.H/c10-5-1-2-7-6(3-5)9-8(11)4-12-7;;/h1-3,10H,4H2,(H,9,11);;/q;+1;-1. The van der Waals surface area contributed by atoms with Crippen LogP contribution in [-0.2, 0) is 4.79 Å². The second kappa shape index (κ2) is 4.37. The third-order valence-electron chi connectivity index (χ3n) is 1.60. The summed E-state index contributed by atoms with van der Waals surface area (Å²) in [5.41, 5.74) is 0.705. The molecule has 2 N–H and O–H groups in total. The quantitative estimate of drug-likeness (QED) is 0.510. The first kappa shape index (κ1) is 10.9. The zero-order valence-corrected chi connectivity index (χ0v) is 10.0. The zero-order valence-electron chi connectivity index (χ0n) is 8.20. The average Bonchev–Trinajstić information content (AvgIpc) is 2.03. The van der Waals surface area contributed by atoms with Gasteiger partial charge in [-0.15, -0.1) is 11.8 Å². The molecule has 0 fully saturated rings. The molecule has 1 aromatic rings. The van der Waals surface area contributed by atoms with Crippen LogP contribution in [0.15, 0.2) is 23.1 Å². The number of phenolic OH excluding ortho intramolecular Hbond substituents is 1. The summed E-state index contributed by atoms with van der Waals surface area (Å²) in [5.74, 6) is 0.618. The first-order chi connectivity index (χ1) is 5.75. The van der Waals surface area contributed by atoms with Crippen molar-refractivity contribution < 1.29 is 40.9 Å². The molecule has 13 heavy (non-hydrogen) atoms. The van der Waals surface area contributed by atoms with E-state index in [0.29, 0.717) is 11.4 Å². The van der Waals surface area contributed by atoms with Crippen LogP contribution in [0.5, 0.6) is 5.75 Å². The smallest absolute Gasteiger partial charge is 1.00 e. The Labute approximate surface area is 104 Å². The molecule has 0 unspecified atom stereocenters. The molecule has 1 heterocycles. The Hall–Kier alpha value is -0.160. The van der Waals surface area contributed by atoms with Crippen LogP contribution in [0.1, 0.15) is 1.43 Å². The van der Waals surface area contributed by atoms with Crippen molar-refractivity contribution in [3.8, 4) is 5.75 Å². The first-order valence-electron chi connectivity index (χ1n) is 3.51. The van der Waals surface area contributed by atoms with Crippen molar-refractivity contribution in [1.82, 2.24) is 0 Å². The number of hydrogen-bond acceptors (Lipinski definition) is 3. The molecule has 0 atom stereocenters. The van der Waals surface area contributed by atoms with Gasteiger partial charge in [-0.25, -0.2) is 0 Å². The normalized spacial score (nSPS) is 14.0. The van der Waals surface area contributed by atoms with Crippen molar-refractivity contribution in [3.05, 3.63) is 18.2 Å². The number of thioether (sulfide) groups is 1. The Bertz CT molecular complexity index is 348. The molecule has 1 amide bonds. The fourth-order valence-corrected chi connectivity index (χ4v) is 1.86. The number of benzene rings is 1. The Morgan fingerprint density at radius 2 is 2.31 bits per heavy atom. The maximum absolute atomic E-state index is 10.9. The number of anilines is 1. The first-order valence-corrected chi connectivity index (χ1v) is 4.50. The van der Waals surface area contributed by atoms with Crippen LogP contribution < -0.4 is 34.9 Å². The molecule has 1 aromatic carbocycles. The Morgan fingerprint density at radius 1 is 1.54 bits per heavy atom. The van der Waals surface area contributed by atoms with Gasteiger partial charge in [0.1, 0.15) is 5.75 Å². The van der Waals surface area contributed by atoms with Crippen molar-refractivity contribution in [2.24, 2.45) is 0 Å². The third kappa shape index (κ3) is 2.40. The maximum Gasteiger partial charge on any atom is 1.00 e. The predicted octanol–water partition coefficient (Wildman–Crippen LogP) is -1.45. The van der Waals surface area contributed by atoms with Gasteiger partial charge < -0.3 is 11.8 Å². The Balaban J connectivity index is 0.000000845. The van der Waals surface area contributed by atoms with Gasteiger partial charge in [-0.1, -0.05) is 0 Å². The molecule has 5 heteroatoms. The van der Waals surface area contributed by atoms with Crippen LogP contribution in [0.4, 0.5) is 5.69 Å². The van der Waals surface area contributed by atoms with Gasteiger partial charge in [0.25, 0.3) is 0 Å². The van der Waals surface area contributed by atoms with Crippen LogP contribution in [0, 0.1) is 0 Å². The van der Waals surface area contributed by atoms with Crippen LogP contribution in [0.2, 0.25) is 0 Å². The minimum absolute atomic E-state index is 0. The summed E-state index contributed by atoms with van der Waals surface area (Å²) >= 11 is 1.48. The van der Waals surface area contributed by atoms with E-state index in [-0.39, 0.29) is 42.6 Å². The number of nitrogens with one attached hydrogen (secondary N) is 1. The van der Waals surface area contributed by atoms with Gasteiger partial charge >= 0.3 is 29.6 Å². The van der Waals surface area contributed by atoms with Gasteiger partial charge in [0, 0.05) is 11.0 Å². The second-order valence-electron chi connectivity index (χ2n) is 2.52. The van der Waals surface area contributed by atoms with Gasteiger partial charge in [0.05, 0.1) is 11.4 Å². The molecule has 3 nitrogen and oxygen atoms in total. The summed E-state index contributed by atoms with van der Waals surface area (Å²) in [6, 6.07) is 4.97. The molecule has 0 aromatic heterocycles. The molecule has 0 aliphatic carbocycles. The summed E-state index contributed by atoms with van der Waals surface area (Å²) < 4.78 is 0. The fourth-order valence-electron chi connectivity index (χ4n) is 1.07. The van der Waals surface area contributed by atoms with Gasteiger partial charge in [0.2, 0.25) is 5.91 Å². The zero-order chi connectivity index (χ0) is 8.55. The number of amides is 1. The Kier molecular flexibility index (Phi) is 3.67. The molecule has 0 saturated heterocycles. The molecule has 1 aliphatic rings. The van der Waals surface area contributed by atoms with Crippen LogP contribution >= 0.6 is 11.8 Å². The predicted molar refractivity (Wildman–Crippen MR) is 48.6 cm³/mol. The number of hydrogen-bond donors (Lipinski definition) is 2. The van der Waals surface area contributed by atoms with Crippen molar-refractivity contribution in [2.75, 3.05) is 11.1 Å². The number of phenols is 1. The number of carbonyl (C=O) groups is 1. The largest absolute Gasteiger partial charge is 1.00 e. The van der Waals surface area contributed by atoms with Gasteiger partial charge in [0.15, 0.2) is 0 Å². The fraction of sp³-hybridized carbons (Fsp3) is 0.125. The summed E-state index contributed by atoms with van der Waals surface area (Å²) in [6.07, 6.45) is 0. The summed E-state index contributed by atoms with van der Waals surface area (Å²) in [6.45, 7) is 0. The minimum Gasteiger partial charge on any atom is -1.00 e. The number of carbonyl (C=O) groups excluding carboxylic acids is 1. The van der Waals surface area contributed by atoms with Gasteiger partial charge in [-0.05, 0) is 12.1 Å². The molecule has 0 saturated carbocycles. The van der Waals surface area contributed by atoms with Crippen molar-refractivity contribution in [3.63, 3.8) is 0 Å². The second-order valence-corrected chi connectivity index (χ2v) is 3.53. The maximum atomic E-state index is 10.9. The minimum atomic E-state index is -0.0156. The van der Waals surface area contributed by atoms with Crippen molar-refractivity contribution >= 4 is 23.4 Å². The number of rotatable bonds is 0. The van der Waals surface area contributed by atoms with Crippen molar-refractivity contribution in [1.29, 1.82) is 0 Å². The van der Waals surface area contributed by atoms with Gasteiger partial charge in [-0.2, -0.15) is 0 Å². The summed E-state index contributed by atoms with van der Waals surface area (Å²) in [7, 11) is 0. The third-order valence-corrected chi connectivity index (χ3v) is 2.67. The van der Waals surface area contributed by atoms with Crippen molar-refractivity contribution in [2.45, 2.75) is 4.90 Å². The molecule has 1 aliphatic heterocycles. The molecular formula is C8H8NNaO2S. The number of fused-ring (bicyclic) bond motifs is 1. The molecule has 64 valence electrons. The van der Waals surface area contributed by atoms with Gasteiger partial charge in [-0.3, -0.25) is 4.79 Å². The SMILES string of the molecule is O=C1CSc2ccc(O)cc2N1.[H-].[Na+]. The molecule has 2 rings (SSSR count). The molecule has 0 spiro atoms.